The first kappa shape index (κ1) is 23.4. The van der Waals surface area contributed by atoms with E-state index in [-0.39, 0.29) is 36.6 Å². The summed E-state index contributed by atoms with van der Waals surface area (Å²) in [5, 5.41) is 3.57. The standard InChI is InChI=1S/C21H16F6N4O3/c22-20(23,24)13-3-1-4-14(11-13)31-17(21(25,26)27)15(12-28-31)18(32)29-6-8-30(9-7-29)19(33)16-5-2-10-34-16/h1-5,10-12H,6-9H2. The molecule has 3 heterocycles. The molecule has 2 aromatic heterocycles. The second kappa shape index (κ2) is 8.54. The Balaban J connectivity index is 1.59. The summed E-state index contributed by atoms with van der Waals surface area (Å²) in [4.78, 5) is 27.8. The van der Waals surface area contributed by atoms with E-state index in [1.165, 1.54) is 23.3 Å². The van der Waals surface area contributed by atoms with Gasteiger partial charge in [0.25, 0.3) is 11.8 Å². The lowest BCUT2D eigenvalue weighted by molar-refractivity contribution is -0.143. The monoisotopic (exact) mass is 486 g/mol. The Labute approximate surface area is 188 Å². The van der Waals surface area contributed by atoms with E-state index < -0.39 is 46.7 Å². The number of benzene rings is 1. The molecule has 1 aliphatic heterocycles. The summed E-state index contributed by atoms with van der Waals surface area (Å²) in [5.74, 6) is -1.30. The minimum absolute atomic E-state index is 0.0443. The first-order valence-electron chi connectivity index (χ1n) is 9.91. The maximum atomic E-state index is 13.9. The van der Waals surface area contributed by atoms with Gasteiger partial charge in [-0.3, -0.25) is 9.59 Å². The van der Waals surface area contributed by atoms with Crippen LogP contribution in [0.1, 0.15) is 32.2 Å². The van der Waals surface area contributed by atoms with E-state index in [1.807, 2.05) is 0 Å². The van der Waals surface area contributed by atoms with Crippen molar-refractivity contribution >= 4 is 11.8 Å². The first-order valence-corrected chi connectivity index (χ1v) is 9.91. The van der Waals surface area contributed by atoms with Gasteiger partial charge in [-0.2, -0.15) is 31.4 Å². The van der Waals surface area contributed by atoms with Crippen molar-refractivity contribution in [2.75, 3.05) is 26.2 Å². The highest BCUT2D eigenvalue weighted by atomic mass is 19.4. The molecular weight excluding hydrogens is 470 g/mol. The maximum absolute atomic E-state index is 13.9. The van der Waals surface area contributed by atoms with E-state index in [0.29, 0.717) is 12.3 Å². The Hall–Kier alpha value is -3.77. The Morgan fingerprint density at radius 2 is 1.50 bits per heavy atom. The van der Waals surface area contributed by atoms with Crippen molar-refractivity contribution in [3.63, 3.8) is 0 Å². The molecule has 1 aromatic carbocycles. The van der Waals surface area contributed by atoms with Gasteiger partial charge in [0, 0.05) is 26.2 Å². The molecule has 1 saturated heterocycles. The number of carbonyl (C=O) groups is 2. The molecule has 0 atom stereocenters. The molecule has 1 fully saturated rings. The van der Waals surface area contributed by atoms with Crippen LogP contribution < -0.4 is 0 Å². The minimum Gasteiger partial charge on any atom is -0.459 e. The van der Waals surface area contributed by atoms with Gasteiger partial charge in [-0.25, -0.2) is 4.68 Å². The summed E-state index contributed by atoms with van der Waals surface area (Å²) in [6.07, 6.45) is -7.83. The molecule has 3 aromatic rings. The maximum Gasteiger partial charge on any atom is 0.434 e. The lowest BCUT2D eigenvalue weighted by Crippen LogP contribution is -2.50. The van der Waals surface area contributed by atoms with Gasteiger partial charge >= 0.3 is 12.4 Å². The van der Waals surface area contributed by atoms with Crippen molar-refractivity contribution in [2.45, 2.75) is 12.4 Å². The van der Waals surface area contributed by atoms with Crippen molar-refractivity contribution in [1.82, 2.24) is 19.6 Å². The summed E-state index contributed by atoms with van der Waals surface area (Å²) in [6.45, 7) is 0.0391. The number of aromatic nitrogens is 2. The largest absolute Gasteiger partial charge is 0.459 e. The molecule has 0 unspecified atom stereocenters. The zero-order chi connectivity index (χ0) is 24.7. The summed E-state index contributed by atoms with van der Waals surface area (Å²) in [6, 6.07) is 6.23. The Morgan fingerprint density at radius 3 is 2.06 bits per heavy atom. The zero-order valence-corrected chi connectivity index (χ0v) is 17.2. The zero-order valence-electron chi connectivity index (χ0n) is 17.2. The lowest BCUT2D eigenvalue weighted by Gasteiger charge is -2.34. The molecule has 34 heavy (non-hydrogen) atoms. The van der Waals surface area contributed by atoms with Crippen LogP contribution in [0.5, 0.6) is 0 Å². The summed E-state index contributed by atoms with van der Waals surface area (Å²) in [5.41, 5.74) is -3.92. The van der Waals surface area contributed by atoms with Crippen LogP contribution in [0, 0.1) is 0 Å². The summed E-state index contributed by atoms with van der Waals surface area (Å²) >= 11 is 0. The molecule has 7 nitrogen and oxygen atoms in total. The van der Waals surface area contributed by atoms with E-state index in [2.05, 4.69) is 5.10 Å². The van der Waals surface area contributed by atoms with Crippen molar-refractivity contribution in [2.24, 2.45) is 0 Å². The van der Waals surface area contributed by atoms with Gasteiger partial charge in [0.15, 0.2) is 11.5 Å². The lowest BCUT2D eigenvalue weighted by atomic mass is 10.1. The van der Waals surface area contributed by atoms with Crippen LogP contribution in [-0.2, 0) is 12.4 Å². The molecule has 0 saturated carbocycles. The molecule has 13 heteroatoms. The Morgan fingerprint density at radius 1 is 0.853 bits per heavy atom. The fraction of sp³-hybridized carbons (Fsp3) is 0.286. The second-order valence-electron chi connectivity index (χ2n) is 7.43. The van der Waals surface area contributed by atoms with Crippen LogP contribution in [0.3, 0.4) is 0 Å². The highest BCUT2D eigenvalue weighted by Crippen LogP contribution is 2.36. The molecule has 0 aliphatic carbocycles. The first-order chi connectivity index (χ1) is 16.0. The van der Waals surface area contributed by atoms with E-state index in [0.717, 1.165) is 23.1 Å². The third kappa shape index (κ3) is 4.50. The molecule has 0 N–H and O–H groups in total. The van der Waals surface area contributed by atoms with E-state index >= 15 is 0 Å². The molecular formula is C21H16F6N4O3. The van der Waals surface area contributed by atoms with E-state index in [9.17, 15) is 35.9 Å². The number of rotatable bonds is 3. The molecule has 4 rings (SSSR count). The molecule has 2 amide bonds. The third-order valence-electron chi connectivity index (χ3n) is 5.27. The normalized spacial score (nSPS) is 15.0. The number of carbonyl (C=O) groups excluding carboxylic acids is 2. The van der Waals surface area contributed by atoms with Crippen LogP contribution in [0.25, 0.3) is 5.69 Å². The number of furan rings is 1. The van der Waals surface area contributed by atoms with Crippen LogP contribution in [0.4, 0.5) is 26.3 Å². The smallest absolute Gasteiger partial charge is 0.434 e. The molecule has 1 aliphatic rings. The van der Waals surface area contributed by atoms with Gasteiger partial charge in [0.05, 0.1) is 29.3 Å². The van der Waals surface area contributed by atoms with Gasteiger partial charge in [-0.1, -0.05) is 6.07 Å². The molecule has 180 valence electrons. The number of hydrogen-bond donors (Lipinski definition) is 0. The number of halogens is 6. The van der Waals surface area contributed by atoms with Crippen LogP contribution in [-0.4, -0.2) is 57.6 Å². The van der Waals surface area contributed by atoms with E-state index in [1.54, 1.807) is 0 Å². The SMILES string of the molecule is O=C(c1ccco1)N1CCN(C(=O)c2cnn(-c3cccc(C(F)(F)F)c3)c2C(F)(F)F)CC1. The molecule has 0 bridgehead atoms. The average Bonchev–Trinajstić information content (AvgIpc) is 3.48. The molecule has 0 spiro atoms. The van der Waals surface area contributed by atoms with Crippen molar-refractivity contribution in [1.29, 1.82) is 0 Å². The topological polar surface area (TPSA) is 71.6 Å². The fourth-order valence-corrected chi connectivity index (χ4v) is 3.63. The van der Waals surface area contributed by atoms with Crippen molar-refractivity contribution in [3.8, 4) is 5.69 Å². The van der Waals surface area contributed by atoms with E-state index in [4.69, 9.17) is 4.42 Å². The third-order valence-corrected chi connectivity index (χ3v) is 5.27. The Bertz CT molecular complexity index is 1190. The average molecular weight is 486 g/mol. The highest BCUT2D eigenvalue weighted by molar-refractivity contribution is 5.96. The van der Waals surface area contributed by atoms with Crippen molar-refractivity contribution in [3.05, 3.63) is 71.4 Å². The minimum atomic E-state index is -5.08. The van der Waals surface area contributed by atoms with Gasteiger partial charge in [0.1, 0.15) is 0 Å². The van der Waals surface area contributed by atoms with Gasteiger partial charge in [-0.05, 0) is 30.3 Å². The van der Waals surface area contributed by atoms with Crippen LogP contribution in [0.15, 0.2) is 53.3 Å². The summed E-state index contributed by atoms with van der Waals surface area (Å²) in [7, 11) is 0. The second-order valence-corrected chi connectivity index (χ2v) is 7.43. The Kier molecular flexibility index (Phi) is 5.87. The number of alkyl halides is 6. The molecule has 0 radical (unpaired) electrons. The van der Waals surface area contributed by atoms with Gasteiger partial charge in [0.2, 0.25) is 0 Å². The number of amides is 2. The number of nitrogens with zero attached hydrogens (tertiary/aromatic N) is 4. The number of piperazine rings is 1. The fourth-order valence-electron chi connectivity index (χ4n) is 3.63. The predicted octanol–water partition coefficient (Wildman–Crippen LogP) is 4.10. The highest BCUT2D eigenvalue weighted by Gasteiger charge is 2.42. The van der Waals surface area contributed by atoms with Gasteiger partial charge in [-0.15, -0.1) is 0 Å². The number of hydrogen-bond acceptors (Lipinski definition) is 4. The quantitative estimate of drug-likeness (QED) is 0.523. The van der Waals surface area contributed by atoms with Gasteiger partial charge < -0.3 is 14.2 Å². The van der Waals surface area contributed by atoms with Crippen molar-refractivity contribution < 1.29 is 40.3 Å². The van der Waals surface area contributed by atoms with Crippen LogP contribution >= 0.6 is 0 Å². The predicted molar refractivity (Wildman–Crippen MR) is 104 cm³/mol. The summed E-state index contributed by atoms with van der Waals surface area (Å²) < 4.78 is 86.1. The van der Waals surface area contributed by atoms with Crippen LogP contribution in [0.2, 0.25) is 0 Å².